The number of carbonyl (C=O) groups excluding carboxylic acids is 1. The van der Waals surface area contributed by atoms with Crippen molar-refractivity contribution >= 4 is 42.7 Å². The first-order valence-corrected chi connectivity index (χ1v) is 16.3. The van der Waals surface area contributed by atoms with Crippen molar-refractivity contribution in [1.29, 1.82) is 4.78 Å². The molecule has 0 spiro atoms. The number of unbranched alkanes of at least 4 members (excludes halogenated alkanes) is 4. The number of nitrogens with zero attached hydrogens (tertiary/aromatic N) is 2. The van der Waals surface area contributed by atoms with Gasteiger partial charge in [-0.3, -0.25) is 9.10 Å². The van der Waals surface area contributed by atoms with Gasteiger partial charge in [-0.15, -0.1) is 0 Å². The fraction of sp³-hybridized carbons (Fsp3) is 0.500. The van der Waals surface area contributed by atoms with E-state index in [1.807, 2.05) is 0 Å². The van der Waals surface area contributed by atoms with Crippen LogP contribution in [0.25, 0.3) is 0 Å². The SMILES string of the molecule is CCCCCCCS(=N)(=O)c1ccc(NC(=O)c2cc(N3CC[C@@H](N)C3)ccc2N(C)S(C)(=O)=O)cc1. The molecule has 1 saturated heterocycles. The number of rotatable bonds is 12. The highest BCUT2D eigenvalue weighted by molar-refractivity contribution is 7.92. The summed E-state index contributed by atoms with van der Waals surface area (Å²) in [6, 6.07) is 11.7. The van der Waals surface area contributed by atoms with Crippen molar-refractivity contribution in [3.05, 3.63) is 48.0 Å². The highest BCUT2D eigenvalue weighted by atomic mass is 32.2. The quantitative estimate of drug-likeness (QED) is 0.339. The highest BCUT2D eigenvalue weighted by Gasteiger charge is 2.24. The Morgan fingerprint density at radius 3 is 2.38 bits per heavy atom. The number of amides is 1. The molecule has 2 atom stereocenters. The third kappa shape index (κ3) is 7.68. The molecule has 0 radical (unpaired) electrons. The number of nitrogens with two attached hydrogens (primary N) is 1. The van der Waals surface area contributed by atoms with E-state index in [4.69, 9.17) is 10.5 Å². The van der Waals surface area contributed by atoms with Gasteiger partial charge < -0.3 is 16.0 Å². The van der Waals surface area contributed by atoms with Gasteiger partial charge in [-0.25, -0.2) is 17.4 Å². The summed E-state index contributed by atoms with van der Waals surface area (Å²) in [7, 11) is -5.08. The van der Waals surface area contributed by atoms with E-state index in [1.54, 1.807) is 42.5 Å². The fourth-order valence-electron chi connectivity index (χ4n) is 4.36. The van der Waals surface area contributed by atoms with Crippen LogP contribution in [-0.2, 0) is 19.8 Å². The summed E-state index contributed by atoms with van der Waals surface area (Å²) in [5, 5.41) is 2.82. The zero-order chi connectivity index (χ0) is 27.2. The van der Waals surface area contributed by atoms with Gasteiger partial charge in [-0.05, 0) is 55.3 Å². The molecule has 0 bridgehead atoms. The maximum absolute atomic E-state index is 13.3. The number of nitrogens with one attached hydrogen (secondary N) is 2. The lowest BCUT2D eigenvalue weighted by molar-refractivity contribution is 0.102. The Labute approximate surface area is 221 Å². The first-order valence-electron chi connectivity index (χ1n) is 12.7. The van der Waals surface area contributed by atoms with Crippen LogP contribution < -0.4 is 20.3 Å². The summed E-state index contributed by atoms with van der Waals surface area (Å²) in [4.78, 5) is 15.9. The number of benzene rings is 2. The molecule has 11 heteroatoms. The molecule has 4 N–H and O–H groups in total. The second kappa shape index (κ2) is 12.3. The van der Waals surface area contributed by atoms with E-state index in [0.29, 0.717) is 22.9 Å². The highest BCUT2D eigenvalue weighted by Crippen LogP contribution is 2.30. The van der Waals surface area contributed by atoms with E-state index in [1.165, 1.54) is 7.05 Å². The first-order chi connectivity index (χ1) is 17.4. The summed E-state index contributed by atoms with van der Waals surface area (Å²) in [5.41, 5.74) is 7.79. The average Bonchev–Trinajstić information content (AvgIpc) is 3.29. The van der Waals surface area contributed by atoms with Crippen molar-refractivity contribution in [2.24, 2.45) is 5.73 Å². The van der Waals surface area contributed by atoms with Crippen LogP contribution in [0.4, 0.5) is 17.1 Å². The molecule has 1 aliphatic heterocycles. The second-order valence-electron chi connectivity index (χ2n) is 9.70. The van der Waals surface area contributed by atoms with Crippen molar-refractivity contribution in [3.8, 4) is 0 Å². The van der Waals surface area contributed by atoms with Gasteiger partial charge in [0.1, 0.15) is 0 Å². The minimum atomic E-state index is -3.59. The monoisotopic (exact) mass is 549 g/mol. The summed E-state index contributed by atoms with van der Waals surface area (Å²) >= 11 is 0. The summed E-state index contributed by atoms with van der Waals surface area (Å²) < 4.78 is 46.7. The number of carbonyl (C=O) groups is 1. The Morgan fingerprint density at radius 1 is 1.11 bits per heavy atom. The Kier molecular flexibility index (Phi) is 9.60. The molecule has 3 rings (SSSR count). The minimum absolute atomic E-state index is 0.0535. The molecule has 1 amide bonds. The molecule has 0 aliphatic carbocycles. The Hall–Kier alpha value is -2.63. The molecule has 9 nitrogen and oxygen atoms in total. The third-order valence-electron chi connectivity index (χ3n) is 6.68. The van der Waals surface area contributed by atoms with E-state index in [9.17, 15) is 17.4 Å². The van der Waals surface area contributed by atoms with Crippen molar-refractivity contribution in [2.75, 3.05) is 46.7 Å². The number of sulfonamides is 1. The van der Waals surface area contributed by atoms with Crippen LogP contribution in [0.1, 0.15) is 55.8 Å². The summed E-state index contributed by atoms with van der Waals surface area (Å²) in [6.45, 7) is 3.56. The lowest BCUT2D eigenvalue weighted by atomic mass is 10.1. The lowest BCUT2D eigenvalue weighted by Crippen LogP contribution is -2.29. The maximum atomic E-state index is 13.3. The van der Waals surface area contributed by atoms with Gasteiger partial charge in [-0.2, -0.15) is 0 Å². The zero-order valence-corrected chi connectivity index (χ0v) is 23.5. The molecule has 2 aromatic rings. The van der Waals surface area contributed by atoms with Crippen LogP contribution in [-0.4, -0.2) is 56.7 Å². The van der Waals surface area contributed by atoms with Crippen LogP contribution in [0.2, 0.25) is 0 Å². The van der Waals surface area contributed by atoms with Crippen LogP contribution in [0.15, 0.2) is 47.4 Å². The first kappa shape index (κ1) is 28.9. The van der Waals surface area contributed by atoms with Gasteiger partial charge >= 0.3 is 0 Å². The Morgan fingerprint density at radius 2 is 1.78 bits per heavy atom. The number of hydrogen-bond donors (Lipinski definition) is 3. The molecule has 1 aliphatic rings. The van der Waals surface area contributed by atoms with Crippen LogP contribution >= 0.6 is 0 Å². The predicted molar refractivity (Wildman–Crippen MR) is 152 cm³/mol. The van der Waals surface area contributed by atoms with Gasteiger partial charge in [0.15, 0.2) is 0 Å². The number of hydrogen-bond acceptors (Lipinski definition) is 7. The van der Waals surface area contributed by atoms with Crippen LogP contribution in [0.3, 0.4) is 0 Å². The molecule has 1 unspecified atom stereocenters. The topological polar surface area (TPSA) is 137 Å². The molecule has 204 valence electrons. The van der Waals surface area contributed by atoms with Crippen LogP contribution in [0.5, 0.6) is 0 Å². The fourth-order valence-corrected chi connectivity index (χ4v) is 6.30. The van der Waals surface area contributed by atoms with Crippen LogP contribution in [0, 0.1) is 4.78 Å². The van der Waals surface area contributed by atoms with Crippen molar-refractivity contribution in [3.63, 3.8) is 0 Å². The lowest BCUT2D eigenvalue weighted by Gasteiger charge is -2.24. The summed E-state index contributed by atoms with van der Waals surface area (Å²) in [6.07, 6.45) is 7.00. The second-order valence-corrected chi connectivity index (χ2v) is 13.9. The largest absolute Gasteiger partial charge is 0.370 e. The number of anilines is 3. The minimum Gasteiger partial charge on any atom is -0.370 e. The third-order valence-corrected chi connectivity index (χ3v) is 9.77. The molecular weight excluding hydrogens is 510 g/mol. The van der Waals surface area contributed by atoms with Gasteiger partial charge in [0.25, 0.3) is 5.91 Å². The van der Waals surface area contributed by atoms with Gasteiger partial charge in [-0.1, -0.05) is 32.6 Å². The summed E-state index contributed by atoms with van der Waals surface area (Å²) in [5.74, 6) is -0.151. The molecule has 0 saturated carbocycles. The predicted octanol–water partition coefficient (Wildman–Crippen LogP) is 4.25. The smallest absolute Gasteiger partial charge is 0.257 e. The Bertz CT molecular complexity index is 1290. The van der Waals surface area contributed by atoms with Crippen molar-refractivity contribution in [1.82, 2.24) is 0 Å². The standard InChI is InChI=1S/C26H39N5O4S2/c1-4-5-6-7-8-17-37(28,35)23-12-9-21(10-13-23)29-26(32)24-18-22(31-16-15-20(27)19-31)11-14-25(24)30(2)36(3,33)34/h9-14,18,20,28H,4-8,15-17,19,27H2,1-3H3,(H,29,32)/t20-,37?/m1/s1. The van der Waals surface area contributed by atoms with Crippen molar-refractivity contribution in [2.45, 2.75) is 56.4 Å². The van der Waals surface area contributed by atoms with E-state index in [0.717, 1.165) is 61.3 Å². The van der Waals surface area contributed by atoms with Gasteiger partial charge in [0.05, 0.1) is 27.2 Å². The van der Waals surface area contributed by atoms with E-state index >= 15 is 0 Å². The normalized spacial score (nSPS) is 17.4. The molecule has 2 aromatic carbocycles. The van der Waals surface area contributed by atoms with Gasteiger partial charge in [0, 0.05) is 48.2 Å². The molecule has 1 heterocycles. The molecule has 37 heavy (non-hydrogen) atoms. The molecule has 0 aromatic heterocycles. The van der Waals surface area contributed by atoms with Crippen molar-refractivity contribution < 1.29 is 17.4 Å². The molecule has 1 fully saturated rings. The zero-order valence-electron chi connectivity index (χ0n) is 21.9. The molecular formula is C26H39N5O4S2. The average molecular weight is 550 g/mol. The maximum Gasteiger partial charge on any atom is 0.257 e. The Balaban J connectivity index is 1.79. The van der Waals surface area contributed by atoms with E-state index in [2.05, 4.69) is 17.1 Å². The van der Waals surface area contributed by atoms with E-state index < -0.39 is 25.7 Å². The van der Waals surface area contributed by atoms with Gasteiger partial charge in [0.2, 0.25) is 10.0 Å². The van der Waals surface area contributed by atoms with E-state index in [-0.39, 0.29) is 17.3 Å².